The van der Waals surface area contributed by atoms with Gasteiger partial charge in [0, 0.05) is 37.2 Å². The van der Waals surface area contributed by atoms with Crippen molar-refractivity contribution < 1.29 is 14.0 Å². The van der Waals surface area contributed by atoms with Gasteiger partial charge in [0.25, 0.3) is 0 Å². The molecule has 0 amide bonds. The van der Waals surface area contributed by atoms with Crippen molar-refractivity contribution in [3.05, 3.63) is 46.4 Å². The van der Waals surface area contributed by atoms with Gasteiger partial charge in [-0.05, 0) is 43.8 Å². The molecule has 1 aliphatic rings. The van der Waals surface area contributed by atoms with Crippen molar-refractivity contribution >= 4 is 23.2 Å². The van der Waals surface area contributed by atoms with E-state index in [0.717, 1.165) is 6.54 Å². The van der Waals surface area contributed by atoms with Gasteiger partial charge in [0.1, 0.15) is 5.82 Å². The summed E-state index contributed by atoms with van der Waals surface area (Å²) in [7, 11) is 3.89. The van der Waals surface area contributed by atoms with Crippen molar-refractivity contribution in [1.82, 2.24) is 10.2 Å². The first-order valence-corrected chi connectivity index (χ1v) is 7.86. The third-order valence-corrected chi connectivity index (χ3v) is 4.16. The summed E-state index contributed by atoms with van der Waals surface area (Å²) in [6.45, 7) is 1.45. The zero-order valence-corrected chi connectivity index (χ0v) is 14.0. The molecule has 0 aromatic heterocycles. The number of hydrogen-bond donors (Lipinski definition) is 1. The molecule has 6 heteroatoms. The van der Waals surface area contributed by atoms with Crippen LogP contribution < -0.4 is 5.32 Å². The van der Waals surface area contributed by atoms with E-state index in [1.165, 1.54) is 24.4 Å². The van der Waals surface area contributed by atoms with Gasteiger partial charge in [-0.15, -0.1) is 0 Å². The SMILES string of the molecule is CN(C)CCNC=C1C(=O)CC(c2cc(F)ccc2Cl)CC1=O. The van der Waals surface area contributed by atoms with Crippen molar-refractivity contribution in [2.45, 2.75) is 18.8 Å². The molecule has 0 aliphatic heterocycles. The number of nitrogens with zero attached hydrogens (tertiary/aromatic N) is 1. The molecule has 0 saturated heterocycles. The van der Waals surface area contributed by atoms with Crippen molar-refractivity contribution in [2.24, 2.45) is 0 Å². The molecule has 0 heterocycles. The van der Waals surface area contributed by atoms with Crippen LogP contribution in [0.2, 0.25) is 5.02 Å². The first-order chi connectivity index (χ1) is 10.9. The zero-order valence-electron chi connectivity index (χ0n) is 13.2. The average molecular weight is 339 g/mol. The number of likely N-dealkylation sites (N-methyl/N-ethyl adjacent to an activating group) is 1. The van der Waals surface area contributed by atoms with Gasteiger partial charge >= 0.3 is 0 Å². The first-order valence-electron chi connectivity index (χ1n) is 7.48. The summed E-state index contributed by atoms with van der Waals surface area (Å²) in [6, 6.07) is 4.02. The van der Waals surface area contributed by atoms with Crippen LogP contribution in [0.4, 0.5) is 4.39 Å². The number of allylic oxidation sites excluding steroid dienone is 1. The summed E-state index contributed by atoms with van der Waals surface area (Å²) in [4.78, 5) is 26.5. The largest absolute Gasteiger partial charge is 0.389 e. The Balaban J connectivity index is 2.07. The van der Waals surface area contributed by atoms with Crippen LogP contribution in [0.25, 0.3) is 0 Å². The molecule has 1 N–H and O–H groups in total. The van der Waals surface area contributed by atoms with Crippen LogP contribution in [0.3, 0.4) is 0 Å². The molecule has 0 radical (unpaired) electrons. The minimum absolute atomic E-state index is 0.163. The molecular weight excluding hydrogens is 319 g/mol. The van der Waals surface area contributed by atoms with E-state index in [0.29, 0.717) is 17.1 Å². The third-order valence-electron chi connectivity index (χ3n) is 3.81. The van der Waals surface area contributed by atoms with Crippen LogP contribution >= 0.6 is 11.6 Å². The lowest BCUT2D eigenvalue weighted by Crippen LogP contribution is -2.28. The minimum atomic E-state index is -0.420. The predicted molar refractivity (Wildman–Crippen MR) is 88.0 cm³/mol. The summed E-state index contributed by atoms with van der Waals surface area (Å²) in [5, 5.41) is 3.37. The van der Waals surface area contributed by atoms with E-state index >= 15 is 0 Å². The lowest BCUT2D eigenvalue weighted by molar-refractivity contribution is -0.124. The Labute approximate surface area is 140 Å². The molecule has 23 heavy (non-hydrogen) atoms. The van der Waals surface area contributed by atoms with Crippen molar-refractivity contribution in [3.63, 3.8) is 0 Å². The Morgan fingerprint density at radius 1 is 1.30 bits per heavy atom. The number of halogens is 2. The molecule has 0 bridgehead atoms. The third kappa shape index (κ3) is 4.62. The average Bonchev–Trinajstić information content (AvgIpc) is 2.47. The smallest absolute Gasteiger partial charge is 0.168 e. The molecule has 1 fully saturated rings. The van der Waals surface area contributed by atoms with Gasteiger partial charge in [0.05, 0.1) is 5.57 Å². The fourth-order valence-electron chi connectivity index (χ4n) is 2.57. The summed E-state index contributed by atoms with van der Waals surface area (Å²) >= 11 is 6.07. The first kappa shape index (κ1) is 17.6. The maximum atomic E-state index is 13.4. The molecule has 2 rings (SSSR count). The van der Waals surface area contributed by atoms with Gasteiger partial charge in [-0.3, -0.25) is 9.59 Å². The molecule has 0 atom stereocenters. The highest BCUT2D eigenvalue weighted by molar-refractivity contribution is 6.31. The van der Waals surface area contributed by atoms with Crippen molar-refractivity contribution in [2.75, 3.05) is 27.2 Å². The van der Waals surface area contributed by atoms with Crippen LogP contribution in [0.15, 0.2) is 30.0 Å². The fourth-order valence-corrected chi connectivity index (χ4v) is 2.84. The van der Waals surface area contributed by atoms with Crippen LogP contribution in [0.1, 0.15) is 24.3 Å². The van der Waals surface area contributed by atoms with Gasteiger partial charge in [0.2, 0.25) is 0 Å². The second-order valence-corrected chi connectivity index (χ2v) is 6.34. The predicted octanol–water partition coefficient (Wildman–Crippen LogP) is 2.53. The molecular formula is C17H20ClFN2O2. The highest BCUT2D eigenvalue weighted by Gasteiger charge is 2.32. The Morgan fingerprint density at radius 3 is 2.57 bits per heavy atom. The quantitative estimate of drug-likeness (QED) is 0.509. The van der Waals surface area contributed by atoms with Gasteiger partial charge in [-0.25, -0.2) is 4.39 Å². The van der Waals surface area contributed by atoms with Gasteiger partial charge in [-0.2, -0.15) is 0 Å². The Kier molecular flexibility index (Phi) is 5.91. The van der Waals surface area contributed by atoms with Crippen molar-refractivity contribution in [1.29, 1.82) is 0 Å². The highest BCUT2D eigenvalue weighted by atomic mass is 35.5. The Hall–Kier alpha value is -1.72. The van der Waals surface area contributed by atoms with Gasteiger partial charge in [0.15, 0.2) is 11.6 Å². The lowest BCUT2D eigenvalue weighted by Gasteiger charge is -2.23. The number of carbonyl (C=O) groups excluding carboxylic acids is 2. The molecule has 4 nitrogen and oxygen atoms in total. The number of benzene rings is 1. The molecule has 1 aliphatic carbocycles. The van der Waals surface area contributed by atoms with Crippen LogP contribution in [-0.4, -0.2) is 43.7 Å². The fraction of sp³-hybridized carbons (Fsp3) is 0.412. The van der Waals surface area contributed by atoms with E-state index in [9.17, 15) is 14.0 Å². The summed E-state index contributed by atoms with van der Waals surface area (Å²) in [5.41, 5.74) is 0.709. The number of rotatable bonds is 5. The molecule has 1 aromatic carbocycles. The number of nitrogens with one attached hydrogen (secondary N) is 1. The Bertz CT molecular complexity index is 623. The standard InChI is InChI=1S/C17H20ClFN2O2/c1-21(2)6-5-20-10-14-16(22)7-11(8-17(14)23)13-9-12(19)3-4-15(13)18/h3-4,9-11,20H,5-8H2,1-2H3. The lowest BCUT2D eigenvalue weighted by atomic mass is 9.80. The summed E-state index contributed by atoms with van der Waals surface area (Å²) in [5.74, 6) is -1.25. The van der Waals surface area contributed by atoms with E-state index < -0.39 is 5.82 Å². The van der Waals surface area contributed by atoms with Crippen molar-refractivity contribution in [3.8, 4) is 0 Å². The molecule has 0 unspecified atom stereocenters. The molecule has 0 spiro atoms. The van der Waals surface area contributed by atoms with Gasteiger partial charge in [-0.1, -0.05) is 11.6 Å². The summed E-state index contributed by atoms with van der Waals surface area (Å²) < 4.78 is 13.4. The molecule has 124 valence electrons. The Morgan fingerprint density at radius 2 is 1.96 bits per heavy atom. The van der Waals surface area contributed by atoms with Crippen LogP contribution in [0.5, 0.6) is 0 Å². The molecule has 1 aromatic rings. The van der Waals surface area contributed by atoms with E-state index in [1.54, 1.807) is 0 Å². The van der Waals surface area contributed by atoms with Gasteiger partial charge < -0.3 is 10.2 Å². The van der Waals surface area contributed by atoms with E-state index in [4.69, 9.17) is 11.6 Å². The number of hydrogen-bond acceptors (Lipinski definition) is 4. The maximum absolute atomic E-state index is 13.4. The summed E-state index contributed by atoms with van der Waals surface area (Å²) in [6.07, 6.45) is 1.82. The second-order valence-electron chi connectivity index (χ2n) is 5.93. The monoisotopic (exact) mass is 338 g/mol. The van der Waals surface area contributed by atoms with E-state index in [-0.39, 0.29) is 35.9 Å². The minimum Gasteiger partial charge on any atom is -0.389 e. The van der Waals surface area contributed by atoms with Crippen LogP contribution in [-0.2, 0) is 9.59 Å². The molecule has 1 saturated carbocycles. The van der Waals surface area contributed by atoms with E-state index in [1.807, 2.05) is 19.0 Å². The highest BCUT2D eigenvalue weighted by Crippen LogP contribution is 2.35. The number of Topliss-reactive ketones (excluding diaryl/α,β-unsaturated/α-hetero) is 2. The number of ketones is 2. The van der Waals surface area contributed by atoms with Crippen LogP contribution in [0, 0.1) is 5.82 Å². The normalized spacial score (nSPS) is 18.5. The maximum Gasteiger partial charge on any atom is 0.168 e. The zero-order chi connectivity index (χ0) is 17.0. The van der Waals surface area contributed by atoms with E-state index in [2.05, 4.69) is 5.32 Å². The number of carbonyl (C=O) groups is 2. The second kappa shape index (κ2) is 7.70. The topological polar surface area (TPSA) is 49.4 Å².